The summed E-state index contributed by atoms with van der Waals surface area (Å²) in [6, 6.07) is 6.56. The molecular weight excluding hydrogens is 344 g/mol. The molecule has 2 amide bonds. The van der Waals surface area contributed by atoms with E-state index in [1.165, 1.54) is 7.11 Å². The second-order valence-corrected chi connectivity index (χ2v) is 6.42. The van der Waals surface area contributed by atoms with Crippen molar-refractivity contribution in [2.45, 2.75) is 45.1 Å². The Morgan fingerprint density at radius 2 is 1.84 bits per heavy atom. The third kappa shape index (κ3) is 6.74. The predicted molar refractivity (Wildman–Crippen MR) is 96.5 cm³/mol. The van der Waals surface area contributed by atoms with E-state index in [-0.39, 0.29) is 18.2 Å². The van der Waals surface area contributed by atoms with Crippen molar-refractivity contribution < 1.29 is 19.1 Å². The summed E-state index contributed by atoms with van der Waals surface area (Å²) < 4.78 is 4.76. The van der Waals surface area contributed by atoms with Gasteiger partial charge in [0.15, 0.2) is 0 Å². The molecule has 25 heavy (non-hydrogen) atoms. The number of esters is 1. The molecule has 0 aromatic heterocycles. The summed E-state index contributed by atoms with van der Waals surface area (Å²) >= 11 is 5.78. The van der Waals surface area contributed by atoms with Crippen LogP contribution in [0.3, 0.4) is 0 Å². The van der Waals surface area contributed by atoms with Crippen molar-refractivity contribution in [2.24, 2.45) is 0 Å². The molecule has 1 unspecified atom stereocenters. The molecule has 0 aliphatic carbocycles. The maximum Gasteiger partial charge on any atom is 0.331 e. The summed E-state index contributed by atoms with van der Waals surface area (Å²) in [7, 11) is 1.30. The molecule has 0 saturated heterocycles. The van der Waals surface area contributed by atoms with E-state index in [2.05, 4.69) is 10.6 Å². The molecule has 138 valence electrons. The van der Waals surface area contributed by atoms with Gasteiger partial charge in [-0.25, -0.2) is 4.79 Å². The molecule has 1 atom stereocenters. The molecule has 0 heterocycles. The first-order valence-corrected chi connectivity index (χ1v) is 8.63. The summed E-state index contributed by atoms with van der Waals surface area (Å²) in [5.41, 5.74) is -0.511. The highest BCUT2D eigenvalue weighted by Gasteiger charge is 2.34. The normalized spacial score (nSPS) is 12.8. The lowest BCUT2D eigenvalue weighted by Crippen LogP contribution is -2.52. The number of halogens is 1. The highest BCUT2D eigenvalue weighted by molar-refractivity contribution is 6.30. The summed E-state index contributed by atoms with van der Waals surface area (Å²) in [5.74, 6) is -0.928. The number of rotatable bonds is 9. The van der Waals surface area contributed by atoms with E-state index in [9.17, 15) is 14.4 Å². The van der Waals surface area contributed by atoms with Crippen molar-refractivity contribution >= 4 is 29.4 Å². The van der Waals surface area contributed by atoms with Crippen LogP contribution < -0.4 is 10.6 Å². The van der Waals surface area contributed by atoms with Crippen molar-refractivity contribution in [3.05, 3.63) is 34.9 Å². The second-order valence-electron chi connectivity index (χ2n) is 5.99. The van der Waals surface area contributed by atoms with Crippen LogP contribution >= 0.6 is 11.6 Å². The fourth-order valence-electron chi connectivity index (χ4n) is 2.47. The van der Waals surface area contributed by atoms with Gasteiger partial charge in [-0.2, -0.15) is 0 Å². The lowest BCUT2D eigenvalue weighted by molar-refractivity contribution is -0.150. The van der Waals surface area contributed by atoms with Gasteiger partial charge in [0.05, 0.1) is 7.11 Å². The quantitative estimate of drug-likeness (QED) is 0.518. The van der Waals surface area contributed by atoms with Crippen LogP contribution in [0.5, 0.6) is 0 Å². The molecule has 1 aromatic carbocycles. The number of carbonyl (C=O) groups excluding carboxylic acids is 3. The van der Waals surface area contributed by atoms with Crippen molar-refractivity contribution in [2.75, 3.05) is 13.7 Å². The predicted octanol–water partition coefficient (Wildman–Crippen LogP) is 2.70. The first-order chi connectivity index (χ1) is 11.8. The zero-order chi connectivity index (χ0) is 18.9. The molecule has 0 radical (unpaired) electrons. The van der Waals surface area contributed by atoms with Gasteiger partial charge in [-0.15, -0.1) is 0 Å². The Kier molecular flexibility index (Phi) is 8.41. The lowest BCUT2D eigenvalue weighted by atomic mass is 9.96. The van der Waals surface area contributed by atoms with Crippen LogP contribution in [0.15, 0.2) is 24.3 Å². The molecule has 7 heteroatoms. The van der Waals surface area contributed by atoms with Gasteiger partial charge >= 0.3 is 5.97 Å². The van der Waals surface area contributed by atoms with Gasteiger partial charge in [0.1, 0.15) is 5.54 Å². The number of hydrogen-bond acceptors (Lipinski definition) is 4. The SMILES string of the molecule is CCCC(C)(NC(=O)CCCNC(=O)c1ccc(Cl)cc1)C(=O)OC. The Balaban J connectivity index is 2.39. The minimum atomic E-state index is -1.02. The number of benzene rings is 1. The summed E-state index contributed by atoms with van der Waals surface area (Å²) in [4.78, 5) is 35.8. The number of nitrogens with one attached hydrogen (secondary N) is 2. The molecular formula is C18H25ClN2O4. The van der Waals surface area contributed by atoms with Crippen LogP contribution in [0.2, 0.25) is 5.02 Å². The maximum absolute atomic E-state index is 12.1. The zero-order valence-electron chi connectivity index (χ0n) is 14.9. The van der Waals surface area contributed by atoms with E-state index in [1.807, 2.05) is 6.92 Å². The van der Waals surface area contributed by atoms with Gasteiger partial charge in [-0.05, 0) is 44.0 Å². The van der Waals surface area contributed by atoms with Gasteiger partial charge < -0.3 is 15.4 Å². The average molecular weight is 369 g/mol. The Morgan fingerprint density at radius 3 is 2.40 bits per heavy atom. The van der Waals surface area contributed by atoms with E-state index in [1.54, 1.807) is 31.2 Å². The first-order valence-electron chi connectivity index (χ1n) is 8.25. The Bertz CT molecular complexity index is 604. The standard InChI is InChI=1S/C18H25ClN2O4/c1-4-11-18(2,17(24)25-3)21-15(22)6-5-12-20-16(23)13-7-9-14(19)10-8-13/h7-10H,4-6,11-12H2,1-3H3,(H,20,23)(H,21,22). The van der Waals surface area contributed by atoms with Crippen LogP contribution in [0.1, 0.15) is 49.9 Å². The molecule has 0 fully saturated rings. The average Bonchev–Trinajstić information content (AvgIpc) is 2.58. The third-order valence-electron chi connectivity index (χ3n) is 3.77. The smallest absolute Gasteiger partial charge is 0.331 e. The number of amides is 2. The molecule has 2 N–H and O–H groups in total. The third-order valence-corrected chi connectivity index (χ3v) is 4.03. The van der Waals surface area contributed by atoms with Crippen molar-refractivity contribution in [1.82, 2.24) is 10.6 Å². The molecule has 1 rings (SSSR count). The minimum Gasteiger partial charge on any atom is -0.467 e. The number of hydrogen-bond donors (Lipinski definition) is 2. The lowest BCUT2D eigenvalue weighted by Gasteiger charge is -2.27. The van der Waals surface area contributed by atoms with Gasteiger partial charge in [0.2, 0.25) is 5.91 Å². The molecule has 0 aliphatic rings. The van der Waals surface area contributed by atoms with E-state index in [4.69, 9.17) is 16.3 Å². The van der Waals surface area contributed by atoms with Crippen molar-refractivity contribution in [3.8, 4) is 0 Å². The van der Waals surface area contributed by atoms with Gasteiger partial charge in [0.25, 0.3) is 5.91 Å². The van der Waals surface area contributed by atoms with Gasteiger partial charge in [-0.3, -0.25) is 9.59 Å². The number of carbonyl (C=O) groups is 3. The van der Waals surface area contributed by atoms with Crippen LogP contribution in [0.4, 0.5) is 0 Å². The maximum atomic E-state index is 12.1. The molecule has 1 aromatic rings. The fraction of sp³-hybridized carbons (Fsp3) is 0.500. The minimum absolute atomic E-state index is 0.206. The number of ether oxygens (including phenoxy) is 1. The fourth-order valence-corrected chi connectivity index (χ4v) is 2.59. The van der Waals surface area contributed by atoms with Gasteiger partial charge in [0, 0.05) is 23.6 Å². The Labute approximate surface area is 153 Å². The van der Waals surface area contributed by atoms with E-state index in [0.717, 1.165) is 6.42 Å². The molecule has 0 aliphatic heterocycles. The van der Waals surface area contributed by atoms with Crippen LogP contribution in [0.25, 0.3) is 0 Å². The summed E-state index contributed by atoms with van der Waals surface area (Å²) in [6.45, 7) is 3.94. The Hall–Kier alpha value is -2.08. The molecule has 0 bridgehead atoms. The number of methoxy groups -OCH3 is 1. The topological polar surface area (TPSA) is 84.5 Å². The Morgan fingerprint density at radius 1 is 1.20 bits per heavy atom. The highest BCUT2D eigenvalue weighted by Crippen LogP contribution is 2.15. The summed E-state index contributed by atoms with van der Waals surface area (Å²) in [5, 5.41) is 6.04. The van der Waals surface area contributed by atoms with Crippen molar-refractivity contribution in [1.29, 1.82) is 0 Å². The van der Waals surface area contributed by atoms with E-state index >= 15 is 0 Å². The molecule has 0 spiro atoms. The zero-order valence-corrected chi connectivity index (χ0v) is 15.6. The van der Waals surface area contributed by atoms with Crippen LogP contribution in [0, 0.1) is 0 Å². The monoisotopic (exact) mass is 368 g/mol. The molecule has 6 nitrogen and oxygen atoms in total. The van der Waals surface area contributed by atoms with Crippen molar-refractivity contribution in [3.63, 3.8) is 0 Å². The van der Waals surface area contributed by atoms with Crippen LogP contribution in [-0.2, 0) is 14.3 Å². The second kappa shape index (κ2) is 10.0. The van der Waals surface area contributed by atoms with E-state index in [0.29, 0.717) is 30.0 Å². The van der Waals surface area contributed by atoms with E-state index < -0.39 is 11.5 Å². The molecule has 0 saturated carbocycles. The van der Waals surface area contributed by atoms with Crippen LogP contribution in [-0.4, -0.2) is 37.0 Å². The summed E-state index contributed by atoms with van der Waals surface area (Å²) in [6.07, 6.45) is 1.91. The first kappa shape index (κ1) is 21.0. The largest absolute Gasteiger partial charge is 0.467 e. The van der Waals surface area contributed by atoms with Gasteiger partial charge in [-0.1, -0.05) is 24.9 Å². The highest BCUT2D eigenvalue weighted by atomic mass is 35.5.